The number of aromatic nitrogens is 4. The summed E-state index contributed by atoms with van der Waals surface area (Å²) in [6, 6.07) is 17.0. The van der Waals surface area contributed by atoms with Crippen LogP contribution in [0.15, 0.2) is 71.7 Å². The van der Waals surface area contributed by atoms with Crippen molar-refractivity contribution in [3.05, 3.63) is 100.0 Å². The fourth-order valence-electron chi connectivity index (χ4n) is 3.76. The largest absolute Gasteiger partial charge is 0.371 e. The van der Waals surface area contributed by atoms with Crippen molar-refractivity contribution in [1.29, 1.82) is 0 Å². The van der Waals surface area contributed by atoms with Crippen LogP contribution in [0.1, 0.15) is 23.0 Å². The Balaban J connectivity index is 1.53. The van der Waals surface area contributed by atoms with Crippen molar-refractivity contribution in [2.75, 3.05) is 11.9 Å². The van der Waals surface area contributed by atoms with Gasteiger partial charge in [-0.2, -0.15) is 0 Å². The zero-order chi connectivity index (χ0) is 21.4. The molecule has 31 heavy (non-hydrogen) atoms. The number of halogens is 1. The second-order valence-electron chi connectivity index (χ2n) is 7.43. The standard InChI is InChI=1S/C23H20FN5O2/c1-15-5-10-18(28-11-3-2-4-22(28)30)12-19(15)25-23-27-26-21-14-31-13-20(29(21)23)16-6-8-17(24)9-7-16/h2-12,20H,13-14H2,1H3,(H,25,27). The molecule has 0 amide bonds. The second-order valence-corrected chi connectivity index (χ2v) is 7.43. The molecule has 5 rings (SSSR count). The molecule has 1 aliphatic heterocycles. The number of ether oxygens (including phenoxy) is 1. The van der Waals surface area contributed by atoms with Gasteiger partial charge in [0.25, 0.3) is 5.56 Å². The van der Waals surface area contributed by atoms with Gasteiger partial charge in [0.15, 0.2) is 5.82 Å². The van der Waals surface area contributed by atoms with Crippen molar-refractivity contribution >= 4 is 11.6 Å². The normalized spacial score (nSPS) is 15.5. The van der Waals surface area contributed by atoms with E-state index in [9.17, 15) is 9.18 Å². The summed E-state index contributed by atoms with van der Waals surface area (Å²) in [5.74, 6) is 0.968. The van der Waals surface area contributed by atoms with E-state index in [0.29, 0.717) is 25.0 Å². The highest BCUT2D eigenvalue weighted by molar-refractivity contribution is 5.62. The summed E-state index contributed by atoms with van der Waals surface area (Å²) < 4.78 is 22.7. The lowest BCUT2D eigenvalue weighted by Crippen LogP contribution is -2.26. The maximum atomic E-state index is 13.4. The molecule has 2 aromatic heterocycles. The van der Waals surface area contributed by atoms with E-state index < -0.39 is 0 Å². The summed E-state index contributed by atoms with van der Waals surface area (Å²) in [4.78, 5) is 12.2. The van der Waals surface area contributed by atoms with Gasteiger partial charge in [-0.15, -0.1) is 10.2 Å². The number of nitrogens with zero attached hydrogens (tertiary/aromatic N) is 4. The highest BCUT2D eigenvalue weighted by Gasteiger charge is 2.27. The molecule has 156 valence electrons. The molecular weight excluding hydrogens is 397 g/mol. The quantitative estimate of drug-likeness (QED) is 0.548. The molecule has 0 fully saturated rings. The molecule has 0 spiro atoms. The molecule has 1 atom stereocenters. The first-order valence-electron chi connectivity index (χ1n) is 9.93. The monoisotopic (exact) mass is 417 g/mol. The minimum Gasteiger partial charge on any atom is -0.371 e. The summed E-state index contributed by atoms with van der Waals surface area (Å²) >= 11 is 0. The Hall–Kier alpha value is -3.78. The van der Waals surface area contributed by atoms with Crippen LogP contribution in [0.3, 0.4) is 0 Å². The highest BCUT2D eigenvalue weighted by atomic mass is 19.1. The summed E-state index contributed by atoms with van der Waals surface area (Å²) in [6.07, 6.45) is 1.73. The summed E-state index contributed by atoms with van der Waals surface area (Å²) in [5, 5.41) is 12.0. The lowest BCUT2D eigenvalue weighted by molar-refractivity contribution is 0.0670. The average molecular weight is 417 g/mol. The van der Waals surface area contributed by atoms with Crippen molar-refractivity contribution in [3.63, 3.8) is 0 Å². The molecule has 4 aromatic rings. The van der Waals surface area contributed by atoms with Gasteiger partial charge in [0, 0.05) is 18.0 Å². The number of anilines is 2. The van der Waals surface area contributed by atoms with Crippen LogP contribution in [0.5, 0.6) is 0 Å². The van der Waals surface area contributed by atoms with Gasteiger partial charge in [-0.1, -0.05) is 24.3 Å². The molecule has 8 heteroatoms. The Morgan fingerprint density at radius 1 is 1.10 bits per heavy atom. The van der Waals surface area contributed by atoms with Crippen LogP contribution in [0.25, 0.3) is 5.69 Å². The second kappa shape index (κ2) is 7.81. The summed E-state index contributed by atoms with van der Waals surface area (Å²) in [6.45, 7) is 2.77. The number of pyridine rings is 1. The number of fused-ring (bicyclic) bond motifs is 1. The van der Waals surface area contributed by atoms with E-state index in [0.717, 1.165) is 22.5 Å². The summed E-state index contributed by atoms with van der Waals surface area (Å²) in [5.41, 5.74) is 3.36. The van der Waals surface area contributed by atoms with Gasteiger partial charge in [-0.3, -0.25) is 13.9 Å². The van der Waals surface area contributed by atoms with Crippen molar-refractivity contribution in [2.45, 2.75) is 19.6 Å². The van der Waals surface area contributed by atoms with Crippen molar-refractivity contribution in [3.8, 4) is 5.69 Å². The third-order valence-electron chi connectivity index (χ3n) is 5.41. The van der Waals surface area contributed by atoms with E-state index >= 15 is 0 Å². The highest BCUT2D eigenvalue weighted by Crippen LogP contribution is 2.31. The first-order chi connectivity index (χ1) is 15.1. The number of hydrogen-bond acceptors (Lipinski definition) is 5. The first-order valence-corrected chi connectivity index (χ1v) is 9.93. The Bertz CT molecular complexity index is 1300. The number of benzene rings is 2. The number of nitrogens with one attached hydrogen (secondary N) is 1. The molecule has 3 heterocycles. The van der Waals surface area contributed by atoms with Crippen LogP contribution in [-0.2, 0) is 11.3 Å². The van der Waals surface area contributed by atoms with Crippen LogP contribution < -0.4 is 10.9 Å². The van der Waals surface area contributed by atoms with Crippen LogP contribution in [0.4, 0.5) is 16.0 Å². The molecule has 0 saturated heterocycles. The van der Waals surface area contributed by atoms with Crippen LogP contribution >= 0.6 is 0 Å². The zero-order valence-corrected chi connectivity index (χ0v) is 16.8. The molecule has 0 saturated carbocycles. The molecule has 2 aromatic carbocycles. The van der Waals surface area contributed by atoms with Crippen molar-refractivity contribution < 1.29 is 9.13 Å². The summed E-state index contributed by atoms with van der Waals surface area (Å²) in [7, 11) is 0. The molecule has 1 N–H and O–H groups in total. The lowest BCUT2D eigenvalue weighted by atomic mass is 10.1. The maximum absolute atomic E-state index is 13.4. The van der Waals surface area contributed by atoms with Gasteiger partial charge in [-0.05, 0) is 48.4 Å². The number of aryl methyl sites for hydroxylation is 1. The third-order valence-corrected chi connectivity index (χ3v) is 5.41. The Morgan fingerprint density at radius 2 is 1.94 bits per heavy atom. The van der Waals surface area contributed by atoms with Crippen LogP contribution in [-0.4, -0.2) is 25.9 Å². The zero-order valence-electron chi connectivity index (χ0n) is 16.8. The van der Waals surface area contributed by atoms with Gasteiger partial charge < -0.3 is 10.1 Å². The van der Waals surface area contributed by atoms with Crippen molar-refractivity contribution in [2.24, 2.45) is 0 Å². The predicted molar refractivity (Wildman–Crippen MR) is 114 cm³/mol. The lowest BCUT2D eigenvalue weighted by Gasteiger charge is -2.27. The SMILES string of the molecule is Cc1ccc(-n2ccccc2=O)cc1Nc1nnc2n1C(c1ccc(F)cc1)COC2. The van der Waals surface area contributed by atoms with Crippen molar-refractivity contribution in [1.82, 2.24) is 19.3 Å². The Morgan fingerprint density at radius 3 is 2.74 bits per heavy atom. The van der Waals surface area contributed by atoms with E-state index in [4.69, 9.17) is 4.74 Å². The number of rotatable bonds is 4. The van der Waals surface area contributed by atoms with Gasteiger partial charge >= 0.3 is 0 Å². The molecule has 1 aliphatic rings. The van der Waals surface area contributed by atoms with E-state index in [1.807, 2.05) is 35.8 Å². The van der Waals surface area contributed by atoms with E-state index in [1.54, 1.807) is 29.0 Å². The Labute approximate surface area is 177 Å². The molecule has 0 aliphatic carbocycles. The average Bonchev–Trinajstić information content (AvgIpc) is 3.19. The van der Waals surface area contributed by atoms with E-state index in [-0.39, 0.29) is 17.4 Å². The van der Waals surface area contributed by atoms with E-state index in [2.05, 4.69) is 15.5 Å². The molecular formula is C23H20FN5O2. The first kappa shape index (κ1) is 19.2. The van der Waals surface area contributed by atoms with E-state index in [1.165, 1.54) is 18.2 Å². The van der Waals surface area contributed by atoms with Crippen LogP contribution in [0.2, 0.25) is 0 Å². The van der Waals surface area contributed by atoms with Gasteiger partial charge in [0.05, 0.1) is 18.3 Å². The predicted octanol–water partition coefficient (Wildman–Crippen LogP) is 3.74. The molecule has 1 unspecified atom stereocenters. The Kier molecular flexibility index (Phi) is 4.83. The number of hydrogen-bond donors (Lipinski definition) is 1. The van der Waals surface area contributed by atoms with Gasteiger partial charge in [-0.25, -0.2) is 4.39 Å². The smallest absolute Gasteiger partial charge is 0.255 e. The topological polar surface area (TPSA) is 74.0 Å². The van der Waals surface area contributed by atoms with Crippen LogP contribution in [0, 0.1) is 12.7 Å². The maximum Gasteiger partial charge on any atom is 0.255 e. The molecule has 7 nitrogen and oxygen atoms in total. The molecule has 0 bridgehead atoms. The minimum atomic E-state index is -0.286. The molecule has 0 radical (unpaired) electrons. The minimum absolute atomic E-state index is 0.106. The fourth-order valence-corrected chi connectivity index (χ4v) is 3.76. The van der Waals surface area contributed by atoms with Gasteiger partial charge in [0.2, 0.25) is 5.95 Å². The van der Waals surface area contributed by atoms with Gasteiger partial charge in [0.1, 0.15) is 12.4 Å². The third kappa shape index (κ3) is 3.62. The fraction of sp³-hybridized carbons (Fsp3) is 0.174.